The monoisotopic (exact) mass is 866 g/mol. The van der Waals surface area contributed by atoms with E-state index in [-0.39, 0.29) is 56.1 Å². The minimum atomic E-state index is -0.994. The fourth-order valence-electron chi connectivity index (χ4n) is 9.43. The fraction of sp³-hybridized carbons (Fsp3) is 0.367. The number of anilines is 2. The standard InChI is InChI=1S/C49H58N10O5/c1-3-22-50-30-45(61)59-42(27-34-16-19-39(60)20-17-34)48(63)58(33-44(59)54-49(64)52-28-35-10-5-4-6-11-35)31-36-12-9-15-40-41(32-55(2)46(36)40)47(62)53-37-18-21-43(51-29-37)57-25-23-56(24-26-57)38-13-7-8-14-38/h3-6,9-12,15-21,29,32,38,42,44,50,60H,1,7-8,13-14,22-28,30-31,33H2,2H3,(H,53,62)(H2,52,54,64). The van der Waals surface area contributed by atoms with Crippen molar-refractivity contribution < 1.29 is 24.3 Å². The molecule has 0 bridgehead atoms. The number of hydrogen-bond acceptors (Lipinski definition) is 9. The van der Waals surface area contributed by atoms with Gasteiger partial charge in [0.05, 0.1) is 36.1 Å². The number of urea groups is 1. The highest BCUT2D eigenvalue weighted by atomic mass is 16.3. The van der Waals surface area contributed by atoms with Crippen molar-refractivity contribution in [1.82, 2.24) is 40.2 Å². The number of hydrogen-bond donors (Lipinski definition) is 5. The number of aromatic hydroxyl groups is 1. The van der Waals surface area contributed by atoms with E-state index in [1.807, 2.05) is 72.3 Å². The lowest BCUT2D eigenvalue weighted by atomic mass is 9.98. The largest absolute Gasteiger partial charge is 0.508 e. The summed E-state index contributed by atoms with van der Waals surface area (Å²) in [7, 11) is 1.87. The van der Waals surface area contributed by atoms with Crippen LogP contribution in [-0.2, 0) is 36.1 Å². The Hall–Kier alpha value is -6.71. The van der Waals surface area contributed by atoms with Gasteiger partial charge in [0.1, 0.15) is 23.8 Å². The molecule has 3 fully saturated rings. The van der Waals surface area contributed by atoms with Crippen molar-refractivity contribution in [2.45, 2.75) is 63.4 Å². The second kappa shape index (κ2) is 20.2. The number of phenols is 1. The number of carbonyl (C=O) groups excluding carboxylic acids is 4. The number of aryl methyl sites for hydroxylation is 1. The van der Waals surface area contributed by atoms with Gasteiger partial charge in [0, 0.05) is 76.9 Å². The minimum Gasteiger partial charge on any atom is -0.508 e. The summed E-state index contributed by atoms with van der Waals surface area (Å²) in [5, 5.41) is 22.7. The summed E-state index contributed by atoms with van der Waals surface area (Å²) < 4.78 is 1.89. The molecule has 2 aromatic heterocycles. The van der Waals surface area contributed by atoms with Crippen LogP contribution in [0.25, 0.3) is 10.9 Å². The number of nitrogens with zero attached hydrogens (tertiary/aromatic N) is 6. The molecule has 2 unspecified atom stereocenters. The first-order chi connectivity index (χ1) is 31.1. The van der Waals surface area contributed by atoms with Gasteiger partial charge in [-0.25, -0.2) is 9.78 Å². The molecule has 5 N–H and O–H groups in total. The first kappa shape index (κ1) is 43.9. The van der Waals surface area contributed by atoms with Gasteiger partial charge in [0.15, 0.2) is 0 Å². The zero-order chi connectivity index (χ0) is 44.6. The van der Waals surface area contributed by atoms with Crippen LogP contribution in [-0.4, -0.2) is 117 Å². The van der Waals surface area contributed by atoms with Crippen LogP contribution in [0, 0.1) is 0 Å². The Balaban J connectivity index is 1.01. The highest BCUT2D eigenvalue weighted by Crippen LogP contribution is 2.30. The van der Waals surface area contributed by atoms with E-state index in [1.165, 1.54) is 30.6 Å². The predicted molar refractivity (Wildman–Crippen MR) is 248 cm³/mol. The van der Waals surface area contributed by atoms with Gasteiger partial charge in [-0.15, -0.1) is 6.58 Å². The molecule has 2 saturated heterocycles. The third-order valence-electron chi connectivity index (χ3n) is 12.6. The quantitative estimate of drug-likeness (QED) is 0.0721. The van der Waals surface area contributed by atoms with Crippen LogP contribution < -0.4 is 26.2 Å². The highest BCUT2D eigenvalue weighted by molar-refractivity contribution is 6.13. The van der Waals surface area contributed by atoms with E-state index in [0.717, 1.165) is 60.2 Å². The van der Waals surface area contributed by atoms with E-state index < -0.39 is 18.2 Å². The number of para-hydroxylation sites is 1. The molecule has 1 saturated carbocycles. The van der Waals surface area contributed by atoms with Crippen LogP contribution in [0.1, 0.15) is 52.7 Å². The normalized spacial score (nSPS) is 18.3. The molecular weight excluding hydrogens is 809 g/mol. The molecule has 2 atom stereocenters. The molecule has 1 aliphatic carbocycles. The molecule has 334 valence electrons. The van der Waals surface area contributed by atoms with Crippen molar-refractivity contribution in [1.29, 1.82) is 0 Å². The smallest absolute Gasteiger partial charge is 0.316 e. The predicted octanol–water partition coefficient (Wildman–Crippen LogP) is 4.98. The van der Waals surface area contributed by atoms with Crippen molar-refractivity contribution in [2.24, 2.45) is 7.05 Å². The summed E-state index contributed by atoms with van der Waals surface area (Å²) in [6, 6.07) is 24.8. The van der Waals surface area contributed by atoms with Gasteiger partial charge in [0.2, 0.25) is 11.8 Å². The molecule has 4 heterocycles. The van der Waals surface area contributed by atoms with Crippen LogP contribution in [0.4, 0.5) is 16.3 Å². The molecule has 15 nitrogen and oxygen atoms in total. The maximum Gasteiger partial charge on any atom is 0.316 e. The van der Waals surface area contributed by atoms with E-state index in [9.17, 15) is 24.3 Å². The molecule has 5 aromatic rings. The number of aromatic nitrogens is 2. The Morgan fingerprint density at radius 1 is 0.906 bits per heavy atom. The second-order valence-corrected chi connectivity index (χ2v) is 16.9. The van der Waals surface area contributed by atoms with Crippen molar-refractivity contribution in [3.8, 4) is 5.75 Å². The minimum absolute atomic E-state index is 0.00419. The molecule has 3 aliphatic rings. The summed E-state index contributed by atoms with van der Waals surface area (Å²) in [6.07, 6.45) is 9.65. The van der Waals surface area contributed by atoms with E-state index in [4.69, 9.17) is 4.98 Å². The zero-order valence-corrected chi connectivity index (χ0v) is 36.4. The van der Waals surface area contributed by atoms with Gasteiger partial charge < -0.3 is 45.6 Å². The fourth-order valence-corrected chi connectivity index (χ4v) is 9.43. The van der Waals surface area contributed by atoms with E-state index in [0.29, 0.717) is 23.2 Å². The first-order valence-electron chi connectivity index (χ1n) is 22.3. The lowest BCUT2D eigenvalue weighted by Crippen LogP contribution is -2.69. The van der Waals surface area contributed by atoms with Gasteiger partial charge in [-0.2, -0.15) is 0 Å². The Kier molecular flexibility index (Phi) is 13.9. The number of amides is 5. The van der Waals surface area contributed by atoms with E-state index in [1.54, 1.807) is 47.6 Å². The molecule has 8 rings (SSSR count). The molecule has 15 heteroatoms. The Morgan fingerprint density at radius 3 is 2.39 bits per heavy atom. The maximum absolute atomic E-state index is 14.8. The third-order valence-corrected chi connectivity index (χ3v) is 12.6. The molecule has 0 radical (unpaired) electrons. The average molecular weight is 867 g/mol. The number of benzene rings is 3. The lowest BCUT2D eigenvalue weighted by molar-refractivity contribution is -0.156. The Bertz CT molecular complexity index is 2430. The Morgan fingerprint density at radius 2 is 1.67 bits per heavy atom. The third kappa shape index (κ3) is 10.2. The van der Waals surface area contributed by atoms with Crippen molar-refractivity contribution in [3.63, 3.8) is 0 Å². The molecule has 64 heavy (non-hydrogen) atoms. The number of pyridine rings is 1. The molecule has 0 spiro atoms. The van der Waals surface area contributed by atoms with Crippen LogP contribution in [0.5, 0.6) is 5.75 Å². The number of piperazine rings is 2. The molecule has 2 aliphatic heterocycles. The zero-order valence-electron chi connectivity index (χ0n) is 36.4. The van der Waals surface area contributed by atoms with Crippen LogP contribution in [0.15, 0.2) is 110 Å². The van der Waals surface area contributed by atoms with Gasteiger partial charge in [-0.05, 0) is 53.8 Å². The molecular formula is C49H58N10O5. The van der Waals surface area contributed by atoms with E-state index >= 15 is 0 Å². The number of fused-ring (bicyclic) bond motifs is 1. The summed E-state index contributed by atoms with van der Waals surface area (Å²) in [6.45, 7) is 8.37. The van der Waals surface area contributed by atoms with Crippen molar-refractivity contribution in [2.75, 3.05) is 56.0 Å². The average Bonchev–Trinajstić information content (AvgIpc) is 3.98. The van der Waals surface area contributed by atoms with Gasteiger partial charge in [-0.1, -0.05) is 79.6 Å². The van der Waals surface area contributed by atoms with Crippen molar-refractivity contribution >= 4 is 46.2 Å². The summed E-state index contributed by atoms with van der Waals surface area (Å²) in [5.41, 5.74) is 4.26. The maximum atomic E-state index is 14.8. The number of carbonyl (C=O) groups is 4. The first-order valence-corrected chi connectivity index (χ1v) is 22.3. The summed E-state index contributed by atoms with van der Waals surface area (Å²) in [5.74, 6) is 0.0283. The molecule has 5 amide bonds. The van der Waals surface area contributed by atoms with Crippen LogP contribution in [0.2, 0.25) is 0 Å². The number of rotatable bonds is 15. The summed E-state index contributed by atoms with van der Waals surface area (Å²) >= 11 is 0. The number of nitrogens with one attached hydrogen (secondary N) is 4. The van der Waals surface area contributed by atoms with Gasteiger partial charge >= 0.3 is 6.03 Å². The van der Waals surface area contributed by atoms with E-state index in [2.05, 4.69) is 37.6 Å². The van der Waals surface area contributed by atoms with Gasteiger partial charge in [-0.3, -0.25) is 19.3 Å². The summed E-state index contributed by atoms with van der Waals surface area (Å²) in [4.78, 5) is 69.1. The highest BCUT2D eigenvalue weighted by Gasteiger charge is 2.44. The second-order valence-electron chi connectivity index (χ2n) is 16.9. The topological polar surface area (TPSA) is 167 Å². The van der Waals surface area contributed by atoms with Gasteiger partial charge in [0.25, 0.3) is 5.91 Å². The van der Waals surface area contributed by atoms with Crippen LogP contribution in [0.3, 0.4) is 0 Å². The molecule has 3 aromatic carbocycles. The lowest BCUT2D eigenvalue weighted by Gasteiger charge is -2.46. The SMILES string of the molecule is C=CCNCC(=O)N1C(NC(=O)NCc2ccccc2)CN(Cc2cccc3c(C(=O)Nc4ccc(N5CCN(C6CCCC6)CC5)nc4)cn(C)c23)C(=O)C1Cc1ccc(O)cc1. The van der Waals surface area contributed by atoms with Crippen LogP contribution >= 0.6 is 0 Å². The van der Waals surface area contributed by atoms with Crippen molar-refractivity contribution in [3.05, 3.63) is 132 Å². The number of phenolic OH excluding ortho intramolecular Hbond substituents is 1. The Labute approximate surface area is 374 Å².